The molecule has 2 heterocycles. The van der Waals surface area contributed by atoms with Crippen molar-refractivity contribution in [2.45, 2.75) is 58.2 Å². The number of hydrogen-bond donors (Lipinski definition) is 2. The molecule has 1 aromatic rings. The summed E-state index contributed by atoms with van der Waals surface area (Å²) < 4.78 is 39.1. The van der Waals surface area contributed by atoms with Crippen LogP contribution in [-0.2, 0) is 11.0 Å². The van der Waals surface area contributed by atoms with Crippen LogP contribution in [0, 0.1) is 18.8 Å². The molecular weight excluding hydrogens is 404 g/mol. The van der Waals surface area contributed by atoms with Crippen LogP contribution in [0.2, 0.25) is 0 Å². The Morgan fingerprint density at radius 1 is 1.37 bits per heavy atom. The average molecular weight is 431 g/mol. The Morgan fingerprint density at radius 3 is 2.59 bits per heavy atom. The van der Waals surface area contributed by atoms with Crippen LogP contribution in [0.25, 0.3) is 0 Å². The SMILES string of the molecule is CCCCC(C(=O)O)C1CCNC(c2cc(C(F)(F)F)cc(C)n2)C1.Cl.Cl. The highest BCUT2D eigenvalue weighted by atomic mass is 35.5. The van der Waals surface area contributed by atoms with Crippen molar-refractivity contribution in [3.05, 3.63) is 29.1 Å². The molecule has 0 amide bonds. The highest BCUT2D eigenvalue weighted by Crippen LogP contribution is 2.36. The van der Waals surface area contributed by atoms with Gasteiger partial charge in [0.2, 0.25) is 0 Å². The Bertz CT molecular complexity index is 615. The van der Waals surface area contributed by atoms with Crippen molar-refractivity contribution in [3.8, 4) is 0 Å². The third kappa shape index (κ3) is 7.12. The zero-order valence-corrected chi connectivity index (χ0v) is 17.0. The van der Waals surface area contributed by atoms with Gasteiger partial charge >= 0.3 is 12.1 Å². The molecule has 4 nitrogen and oxygen atoms in total. The minimum Gasteiger partial charge on any atom is -0.481 e. The minimum atomic E-state index is -4.42. The van der Waals surface area contributed by atoms with Gasteiger partial charge in [-0.1, -0.05) is 19.8 Å². The van der Waals surface area contributed by atoms with Crippen LogP contribution in [0.15, 0.2) is 12.1 Å². The topological polar surface area (TPSA) is 62.2 Å². The van der Waals surface area contributed by atoms with E-state index in [9.17, 15) is 23.1 Å². The van der Waals surface area contributed by atoms with Crippen LogP contribution in [-0.4, -0.2) is 22.6 Å². The van der Waals surface area contributed by atoms with Gasteiger partial charge in [-0.05, 0) is 50.8 Å². The lowest BCUT2D eigenvalue weighted by molar-refractivity contribution is -0.144. The number of pyridine rings is 1. The molecule has 0 saturated carbocycles. The molecule has 1 aliphatic rings. The van der Waals surface area contributed by atoms with Gasteiger partial charge in [0, 0.05) is 11.7 Å². The number of nitrogens with zero attached hydrogens (tertiary/aromatic N) is 1. The summed E-state index contributed by atoms with van der Waals surface area (Å²) >= 11 is 0. The number of nitrogens with one attached hydrogen (secondary N) is 1. The normalized spacial score (nSPS) is 20.9. The van der Waals surface area contributed by atoms with Gasteiger partial charge in [0.05, 0.1) is 17.2 Å². The standard InChI is InChI=1S/C18H25F3N2O2.2ClH/c1-3-4-5-14(17(24)25)12-6-7-22-15(9-12)16-10-13(18(19,20)21)8-11(2)23-16;;/h8,10,12,14-15,22H,3-7,9H2,1-2H3,(H,24,25);2*1H. The molecular formula is C18H27Cl2F3N2O2. The van der Waals surface area contributed by atoms with Gasteiger partial charge in [-0.2, -0.15) is 13.2 Å². The summed E-state index contributed by atoms with van der Waals surface area (Å²) in [5.74, 6) is -1.31. The predicted molar refractivity (Wildman–Crippen MR) is 103 cm³/mol. The summed E-state index contributed by atoms with van der Waals surface area (Å²) in [5.41, 5.74) is -0.0501. The summed E-state index contributed by atoms with van der Waals surface area (Å²) in [6, 6.07) is 1.77. The van der Waals surface area contributed by atoms with Crippen LogP contribution in [0.5, 0.6) is 0 Å². The van der Waals surface area contributed by atoms with E-state index in [1.807, 2.05) is 6.92 Å². The molecule has 0 spiro atoms. The van der Waals surface area contributed by atoms with E-state index >= 15 is 0 Å². The summed E-state index contributed by atoms with van der Waals surface area (Å²) in [6.45, 7) is 4.14. The van der Waals surface area contributed by atoms with Gasteiger partial charge in [-0.15, -0.1) is 24.8 Å². The highest BCUT2D eigenvalue weighted by molar-refractivity contribution is 5.85. The van der Waals surface area contributed by atoms with Crippen LogP contribution >= 0.6 is 24.8 Å². The van der Waals surface area contributed by atoms with Crippen LogP contribution in [0.1, 0.15) is 62.0 Å². The first-order valence-corrected chi connectivity index (χ1v) is 8.74. The smallest absolute Gasteiger partial charge is 0.416 e. The zero-order valence-electron chi connectivity index (χ0n) is 15.4. The summed E-state index contributed by atoms with van der Waals surface area (Å²) in [4.78, 5) is 15.9. The number of alkyl halides is 3. The number of aliphatic carboxylic acids is 1. The fourth-order valence-corrected chi connectivity index (χ4v) is 3.56. The number of carboxylic acid groups (broad SMARTS) is 1. The molecule has 1 aliphatic heterocycles. The van der Waals surface area contributed by atoms with Crippen molar-refractivity contribution in [1.82, 2.24) is 10.3 Å². The number of aryl methyl sites for hydroxylation is 1. The first-order valence-electron chi connectivity index (χ1n) is 8.74. The lowest BCUT2D eigenvalue weighted by atomic mass is 9.78. The molecule has 1 saturated heterocycles. The molecule has 2 rings (SSSR count). The van der Waals surface area contributed by atoms with E-state index in [4.69, 9.17) is 0 Å². The third-order valence-electron chi connectivity index (χ3n) is 4.86. The van der Waals surface area contributed by atoms with Gasteiger partial charge in [0.1, 0.15) is 0 Å². The molecule has 3 atom stereocenters. The monoisotopic (exact) mass is 430 g/mol. The fraction of sp³-hybridized carbons (Fsp3) is 0.667. The molecule has 1 fully saturated rings. The van der Waals surface area contributed by atoms with E-state index < -0.39 is 23.6 Å². The second kappa shape index (κ2) is 11.1. The van der Waals surface area contributed by atoms with Crippen molar-refractivity contribution < 1.29 is 23.1 Å². The second-order valence-electron chi connectivity index (χ2n) is 6.80. The van der Waals surface area contributed by atoms with Crippen LogP contribution < -0.4 is 5.32 Å². The van der Waals surface area contributed by atoms with E-state index in [0.717, 1.165) is 31.4 Å². The molecule has 0 bridgehead atoms. The molecule has 156 valence electrons. The highest BCUT2D eigenvalue weighted by Gasteiger charge is 2.35. The predicted octanol–water partition coefficient (Wildman–Crippen LogP) is 5.18. The summed E-state index contributed by atoms with van der Waals surface area (Å²) in [6.07, 6.45) is -0.831. The first-order chi connectivity index (χ1) is 11.7. The first kappa shape index (κ1) is 26.0. The number of rotatable bonds is 6. The van der Waals surface area contributed by atoms with E-state index in [1.54, 1.807) is 6.92 Å². The Hall–Kier alpha value is -1.05. The zero-order chi connectivity index (χ0) is 18.6. The third-order valence-corrected chi connectivity index (χ3v) is 4.86. The van der Waals surface area contributed by atoms with Crippen LogP contribution in [0.3, 0.4) is 0 Å². The minimum absolute atomic E-state index is 0. The van der Waals surface area contributed by atoms with E-state index in [0.29, 0.717) is 30.8 Å². The van der Waals surface area contributed by atoms with Gasteiger partial charge in [0.25, 0.3) is 0 Å². The maximum absolute atomic E-state index is 13.0. The van der Waals surface area contributed by atoms with Gasteiger partial charge in [-0.25, -0.2) is 0 Å². The average Bonchev–Trinajstić information content (AvgIpc) is 2.54. The second-order valence-corrected chi connectivity index (χ2v) is 6.80. The Labute approximate surface area is 170 Å². The molecule has 3 unspecified atom stereocenters. The number of piperidine rings is 1. The van der Waals surface area contributed by atoms with Crippen LogP contribution in [0.4, 0.5) is 13.2 Å². The van der Waals surface area contributed by atoms with Gasteiger partial charge in [-0.3, -0.25) is 9.78 Å². The largest absolute Gasteiger partial charge is 0.481 e. The fourth-order valence-electron chi connectivity index (χ4n) is 3.56. The quantitative estimate of drug-likeness (QED) is 0.651. The number of carboxylic acids is 1. The molecule has 0 aromatic carbocycles. The van der Waals surface area contributed by atoms with Gasteiger partial charge < -0.3 is 10.4 Å². The maximum atomic E-state index is 13.0. The van der Waals surface area contributed by atoms with E-state index in [-0.39, 0.29) is 36.8 Å². The number of hydrogen-bond acceptors (Lipinski definition) is 3. The Kier molecular flexibility index (Phi) is 10.6. The van der Waals surface area contributed by atoms with E-state index in [1.165, 1.54) is 0 Å². The van der Waals surface area contributed by atoms with Crippen molar-refractivity contribution in [3.63, 3.8) is 0 Å². The number of carbonyl (C=O) groups is 1. The lowest BCUT2D eigenvalue weighted by Gasteiger charge is -2.33. The molecule has 2 N–H and O–H groups in total. The van der Waals surface area contributed by atoms with Crippen molar-refractivity contribution in [2.75, 3.05) is 6.54 Å². The number of halogens is 5. The van der Waals surface area contributed by atoms with Crippen molar-refractivity contribution >= 4 is 30.8 Å². The molecule has 27 heavy (non-hydrogen) atoms. The number of unbranched alkanes of at least 4 members (excludes halogenated alkanes) is 1. The Morgan fingerprint density at radius 2 is 2.04 bits per heavy atom. The number of aromatic nitrogens is 1. The van der Waals surface area contributed by atoms with Crippen molar-refractivity contribution in [1.29, 1.82) is 0 Å². The summed E-state index contributed by atoms with van der Waals surface area (Å²) in [5, 5.41) is 12.7. The maximum Gasteiger partial charge on any atom is 0.416 e. The lowest BCUT2D eigenvalue weighted by Crippen LogP contribution is -2.37. The summed E-state index contributed by atoms with van der Waals surface area (Å²) in [7, 11) is 0. The molecule has 9 heteroatoms. The van der Waals surface area contributed by atoms with Crippen molar-refractivity contribution in [2.24, 2.45) is 11.8 Å². The molecule has 0 aliphatic carbocycles. The molecule has 0 radical (unpaired) electrons. The Balaban J connectivity index is 0.00000338. The van der Waals surface area contributed by atoms with E-state index in [2.05, 4.69) is 10.3 Å². The van der Waals surface area contributed by atoms with Gasteiger partial charge in [0.15, 0.2) is 0 Å². The molecule has 1 aromatic heterocycles.